The number of aliphatic hydroxyl groups excluding tert-OH is 3. The first kappa shape index (κ1) is 23.6. The van der Waals surface area contributed by atoms with E-state index >= 15 is 0 Å². The van der Waals surface area contributed by atoms with E-state index in [1.54, 1.807) is 0 Å². The Hall–Kier alpha value is -0.120. The van der Waals surface area contributed by atoms with E-state index in [1.165, 1.54) is 32.1 Å². The van der Waals surface area contributed by atoms with E-state index in [4.69, 9.17) is 0 Å². The first-order chi connectivity index (χ1) is 15.1. The van der Waals surface area contributed by atoms with Crippen LogP contribution in [0.2, 0.25) is 0 Å². The van der Waals surface area contributed by atoms with E-state index < -0.39 is 0 Å². The van der Waals surface area contributed by atoms with E-state index in [0.717, 1.165) is 49.9 Å². The molecule has 32 heavy (non-hydrogen) atoms. The van der Waals surface area contributed by atoms with Crippen LogP contribution in [0.15, 0.2) is 0 Å². The summed E-state index contributed by atoms with van der Waals surface area (Å²) in [4.78, 5) is 0. The van der Waals surface area contributed by atoms with Gasteiger partial charge in [0.15, 0.2) is 0 Å². The molecule has 0 radical (unpaired) electrons. The molecule has 0 bridgehead atoms. The second kappa shape index (κ2) is 8.23. The molecule has 184 valence electrons. The summed E-state index contributed by atoms with van der Waals surface area (Å²) in [6, 6.07) is 0. The lowest BCUT2D eigenvalue weighted by atomic mass is 9.43. The molecule has 5 aliphatic rings. The van der Waals surface area contributed by atoms with Gasteiger partial charge < -0.3 is 15.3 Å². The Labute approximate surface area is 196 Å². The predicted octanol–water partition coefficient (Wildman–Crippen LogP) is 5.66. The molecule has 14 atom stereocenters. The minimum absolute atomic E-state index is 0.122. The van der Waals surface area contributed by atoms with Crippen LogP contribution < -0.4 is 0 Å². The van der Waals surface area contributed by atoms with Crippen LogP contribution in [0.1, 0.15) is 98.8 Å². The highest BCUT2D eigenvalue weighted by atomic mass is 16.3. The van der Waals surface area contributed by atoms with Crippen molar-refractivity contribution in [3.05, 3.63) is 0 Å². The summed E-state index contributed by atoms with van der Waals surface area (Å²) in [6.45, 7) is 12.0. The van der Waals surface area contributed by atoms with Gasteiger partial charge in [-0.05, 0) is 110 Å². The quantitative estimate of drug-likeness (QED) is 0.511. The number of fused-ring (bicyclic) bond motifs is 5. The molecule has 3 nitrogen and oxygen atoms in total. The third-order valence-electron chi connectivity index (χ3n) is 12.4. The normalized spacial score (nSPS) is 56.6. The Morgan fingerprint density at radius 3 is 2.22 bits per heavy atom. The van der Waals surface area contributed by atoms with Crippen LogP contribution in [0, 0.1) is 64.1 Å². The highest BCUT2D eigenvalue weighted by molar-refractivity contribution is 5.14. The van der Waals surface area contributed by atoms with Crippen LogP contribution in [0.4, 0.5) is 0 Å². The van der Waals surface area contributed by atoms with Gasteiger partial charge in [0.1, 0.15) is 0 Å². The van der Waals surface area contributed by atoms with Gasteiger partial charge in [-0.3, -0.25) is 0 Å². The topological polar surface area (TPSA) is 60.7 Å². The summed E-state index contributed by atoms with van der Waals surface area (Å²) in [5.41, 5.74) is 0.114. The molecule has 0 aromatic rings. The van der Waals surface area contributed by atoms with Crippen molar-refractivity contribution < 1.29 is 15.3 Å². The highest BCUT2D eigenvalue weighted by Crippen LogP contribution is 2.68. The maximum absolute atomic E-state index is 11.7. The van der Waals surface area contributed by atoms with Crippen LogP contribution in [-0.2, 0) is 0 Å². The molecule has 5 saturated carbocycles. The van der Waals surface area contributed by atoms with Crippen molar-refractivity contribution >= 4 is 0 Å². The molecule has 5 fully saturated rings. The van der Waals surface area contributed by atoms with Crippen LogP contribution in [0.25, 0.3) is 0 Å². The zero-order valence-corrected chi connectivity index (χ0v) is 21.3. The van der Waals surface area contributed by atoms with Crippen molar-refractivity contribution in [1.82, 2.24) is 0 Å². The van der Waals surface area contributed by atoms with Crippen molar-refractivity contribution in [2.45, 2.75) is 117 Å². The average molecular weight is 447 g/mol. The van der Waals surface area contributed by atoms with Gasteiger partial charge in [0, 0.05) is 5.41 Å². The highest BCUT2D eigenvalue weighted by Gasteiger charge is 2.65. The first-order valence-corrected chi connectivity index (χ1v) is 14.1. The minimum Gasteiger partial charge on any atom is -0.393 e. The van der Waals surface area contributed by atoms with Crippen molar-refractivity contribution in [3.8, 4) is 0 Å². The number of rotatable bonds is 5. The summed E-state index contributed by atoms with van der Waals surface area (Å²) < 4.78 is 0. The standard InChI is InChI=1S/C29H50O3/c1-16(22-12-18(22)3)6-7-17(2)27-25(31)14-24-21-9-8-19-13-20(30)10-11-28(19,4)23(21)15-26(32)29(24,27)5/h16-27,30-32H,6-15H2,1-5H3/t16-,17-,18-,19+,20-,21-,22-,23+,24+,25-,26-,27+,28+,29-/m1/s1. The second-order valence-electron chi connectivity index (χ2n) is 13.9. The molecular weight excluding hydrogens is 396 g/mol. The van der Waals surface area contributed by atoms with Crippen LogP contribution in [0.5, 0.6) is 0 Å². The van der Waals surface area contributed by atoms with Gasteiger partial charge in [-0.15, -0.1) is 0 Å². The lowest BCUT2D eigenvalue weighted by Crippen LogP contribution is -2.59. The molecule has 0 aromatic carbocycles. The van der Waals surface area contributed by atoms with Gasteiger partial charge in [-0.2, -0.15) is 0 Å². The third-order valence-corrected chi connectivity index (χ3v) is 12.4. The fourth-order valence-corrected chi connectivity index (χ4v) is 10.3. The van der Waals surface area contributed by atoms with E-state index in [2.05, 4.69) is 34.6 Å². The number of hydrogen-bond acceptors (Lipinski definition) is 3. The summed E-state index contributed by atoms with van der Waals surface area (Å²) in [5, 5.41) is 33.4. The van der Waals surface area contributed by atoms with Crippen molar-refractivity contribution in [3.63, 3.8) is 0 Å². The Kier molecular flexibility index (Phi) is 6.07. The summed E-state index contributed by atoms with van der Waals surface area (Å²) in [7, 11) is 0. The fourth-order valence-electron chi connectivity index (χ4n) is 10.3. The van der Waals surface area contributed by atoms with Gasteiger partial charge in [-0.1, -0.05) is 47.5 Å². The largest absolute Gasteiger partial charge is 0.393 e. The van der Waals surface area contributed by atoms with E-state index in [0.29, 0.717) is 29.6 Å². The van der Waals surface area contributed by atoms with Crippen LogP contribution in [0.3, 0.4) is 0 Å². The monoisotopic (exact) mass is 446 g/mol. The van der Waals surface area contributed by atoms with E-state index in [9.17, 15) is 15.3 Å². The van der Waals surface area contributed by atoms with Gasteiger partial charge in [-0.25, -0.2) is 0 Å². The Morgan fingerprint density at radius 2 is 1.53 bits per heavy atom. The van der Waals surface area contributed by atoms with Crippen molar-refractivity contribution in [2.75, 3.05) is 0 Å². The SMILES string of the molecule is C[C@H](CC[C@@H](C)[C@H]1[C@H](O)C[C@H]2[C@@H]3CC[C@H]4C[C@H](O)CC[C@]4(C)[C@H]3C[C@@H](O)[C@]12C)[C@H]1C[C@H]1C. The minimum atomic E-state index is -0.304. The molecular formula is C29H50O3. The second-order valence-corrected chi connectivity index (χ2v) is 13.9. The fraction of sp³-hybridized carbons (Fsp3) is 1.00. The summed E-state index contributed by atoms with van der Waals surface area (Å²) in [5.74, 6) is 5.58. The van der Waals surface area contributed by atoms with Gasteiger partial charge in [0.05, 0.1) is 18.3 Å². The van der Waals surface area contributed by atoms with Crippen LogP contribution in [-0.4, -0.2) is 33.6 Å². The molecule has 5 aliphatic carbocycles. The predicted molar refractivity (Wildman–Crippen MR) is 129 cm³/mol. The van der Waals surface area contributed by atoms with Crippen LogP contribution >= 0.6 is 0 Å². The first-order valence-electron chi connectivity index (χ1n) is 14.1. The van der Waals surface area contributed by atoms with E-state index in [-0.39, 0.29) is 35.1 Å². The third kappa shape index (κ3) is 3.54. The average Bonchev–Trinajstić information content (AvgIpc) is 3.40. The molecule has 0 aliphatic heterocycles. The molecule has 0 aromatic heterocycles. The summed E-state index contributed by atoms with van der Waals surface area (Å²) >= 11 is 0. The van der Waals surface area contributed by atoms with Crippen molar-refractivity contribution in [2.24, 2.45) is 64.1 Å². The number of hydrogen-bond donors (Lipinski definition) is 3. The van der Waals surface area contributed by atoms with Gasteiger partial charge in [0.25, 0.3) is 0 Å². The molecule has 0 unspecified atom stereocenters. The molecule has 3 heteroatoms. The lowest BCUT2D eigenvalue weighted by molar-refractivity contribution is -0.176. The Balaban J connectivity index is 1.34. The molecule has 3 N–H and O–H groups in total. The lowest BCUT2D eigenvalue weighted by Gasteiger charge is -2.62. The Morgan fingerprint density at radius 1 is 0.844 bits per heavy atom. The molecule has 5 rings (SSSR count). The van der Waals surface area contributed by atoms with E-state index in [1.807, 2.05) is 0 Å². The summed E-state index contributed by atoms with van der Waals surface area (Å²) in [6.07, 6.45) is 10.4. The smallest absolute Gasteiger partial charge is 0.0603 e. The maximum Gasteiger partial charge on any atom is 0.0603 e. The van der Waals surface area contributed by atoms with Gasteiger partial charge in [0.2, 0.25) is 0 Å². The zero-order chi connectivity index (χ0) is 23.0. The molecule has 0 saturated heterocycles. The maximum atomic E-state index is 11.7. The zero-order valence-electron chi connectivity index (χ0n) is 21.3. The molecule has 0 amide bonds. The van der Waals surface area contributed by atoms with Gasteiger partial charge >= 0.3 is 0 Å². The van der Waals surface area contributed by atoms with Crippen molar-refractivity contribution in [1.29, 1.82) is 0 Å². The number of aliphatic hydroxyl groups is 3. The Bertz CT molecular complexity index is 694. The molecule has 0 heterocycles. The molecule has 0 spiro atoms.